The number of methoxy groups -OCH3 is 1. The molecule has 0 bridgehead atoms. The van der Waals surface area contributed by atoms with Crippen LogP contribution in [0.1, 0.15) is 5.56 Å². The molecule has 0 saturated carbocycles. The molecule has 3 rings (SSSR count). The Bertz CT molecular complexity index is 846. The molecule has 0 aliphatic heterocycles. The molecule has 7 heteroatoms. The third kappa shape index (κ3) is 3.88. The summed E-state index contributed by atoms with van der Waals surface area (Å²) in [7, 11) is 1.60. The number of nitrogens with one attached hydrogen (secondary N) is 1. The van der Waals surface area contributed by atoms with E-state index in [0.29, 0.717) is 10.1 Å². The Morgan fingerprint density at radius 1 is 1.21 bits per heavy atom. The van der Waals surface area contributed by atoms with Crippen LogP contribution in [0.25, 0.3) is 10.6 Å². The van der Waals surface area contributed by atoms with Crippen molar-refractivity contribution in [1.29, 1.82) is 0 Å². The zero-order chi connectivity index (χ0) is 16.9. The molecule has 0 saturated heterocycles. The number of nitrogens with zero attached hydrogens (tertiary/aromatic N) is 2. The molecule has 1 aromatic heterocycles. The van der Waals surface area contributed by atoms with Crippen molar-refractivity contribution >= 4 is 22.4 Å². The Hall–Kier alpha value is -2.93. The summed E-state index contributed by atoms with van der Waals surface area (Å²) in [5.74, 6) is 0.741. The second kappa shape index (κ2) is 7.10. The summed E-state index contributed by atoms with van der Waals surface area (Å²) in [6.45, 7) is 0. The summed E-state index contributed by atoms with van der Waals surface area (Å²) in [4.78, 5) is 12.1. The van der Waals surface area contributed by atoms with Crippen molar-refractivity contribution < 1.29 is 14.6 Å². The van der Waals surface area contributed by atoms with Crippen LogP contribution in [0.5, 0.6) is 11.5 Å². The Morgan fingerprint density at radius 3 is 2.71 bits per heavy atom. The molecule has 0 radical (unpaired) electrons. The summed E-state index contributed by atoms with van der Waals surface area (Å²) in [5.41, 5.74) is 1.63. The first-order valence-electron chi connectivity index (χ1n) is 7.20. The molecule has 6 nitrogen and oxygen atoms in total. The number of anilines is 1. The molecule has 0 unspecified atom stereocenters. The molecular formula is C17H15N3O3S. The molecule has 0 spiro atoms. The van der Waals surface area contributed by atoms with Crippen molar-refractivity contribution in [3.63, 3.8) is 0 Å². The Morgan fingerprint density at radius 2 is 2.00 bits per heavy atom. The molecule has 3 aromatic rings. The van der Waals surface area contributed by atoms with E-state index in [9.17, 15) is 9.90 Å². The largest absolute Gasteiger partial charge is 0.508 e. The van der Waals surface area contributed by atoms with Gasteiger partial charge in [-0.05, 0) is 29.8 Å². The van der Waals surface area contributed by atoms with Crippen LogP contribution in [0.15, 0.2) is 48.5 Å². The van der Waals surface area contributed by atoms with E-state index in [4.69, 9.17) is 4.74 Å². The number of aromatic nitrogens is 2. The van der Waals surface area contributed by atoms with E-state index in [0.717, 1.165) is 16.9 Å². The van der Waals surface area contributed by atoms with E-state index >= 15 is 0 Å². The van der Waals surface area contributed by atoms with Crippen LogP contribution >= 0.6 is 11.3 Å². The maximum Gasteiger partial charge on any atom is 0.230 e. The minimum atomic E-state index is -0.168. The quantitative estimate of drug-likeness (QED) is 0.745. The molecule has 2 N–H and O–H groups in total. The molecule has 122 valence electrons. The summed E-state index contributed by atoms with van der Waals surface area (Å²) >= 11 is 1.25. The van der Waals surface area contributed by atoms with Crippen molar-refractivity contribution in [2.24, 2.45) is 0 Å². The van der Waals surface area contributed by atoms with Crippen LogP contribution in [-0.2, 0) is 11.2 Å². The van der Waals surface area contributed by atoms with E-state index in [1.54, 1.807) is 25.3 Å². The molecule has 24 heavy (non-hydrogen) atoms. The Labute approximate surface area is 142 Å². The fourth-order valence-corrected chi connectivity index (χ4v) is 2.88. The lowest BCUT2D eigenvalue weighted by Crippen LogP contribution is -2.14. The van der Waals surface area contributed by atoms with Gasteiger partial charge in [0.05, 0.1) is 13.5 Å². The lowest BCUT2D eigenvalue weighted by Gasteiger charge is -2.03. The lowest BCUT2D eigenvalue weighted by atomic mass is 10.1. The zero-order valence-corrected chi connectivity index (χ0v) is 13.7. The van der Waals surface area contributed by atoms with Gasteiger partial charge in [0.15, 0.2) is 0 Å². The normalized spacial score (nSPS) is 10.4. The highest BCUT2D eigenvalue weighted by Gasteiger charge is 2.10. The Kier molecular flexibility index (Phi) is 4.72. The maximum atomic E-state index is 12.1. The van der Waals surface area contributed by atoms with Gasteiger partial charge in [0.25, 0.3) is 0 Å². The first-order valence-corrected chi connectivity index (χ1v) is 8.01. The van der Waals surface area contributed by atoms with Gasteiger partial charge in [-0.3, -0.25) is 4.79 Å². The lowest BCUT2D eigenvalue weighted by molar-refractivity contribution is -0.115. The molecule has 2 aromatic carbocycles. The van der Waals surface area contributed by atoms with E-state index in [-0.39, 0.29) is 18.1 Å². The molecule has 0 aliphatic rings. The predicted molar refractivity (Wildman–Crippen MR) is 92.3 cm³/mol. The monoisotopic (exact) mass is 341 g/mol. The number of hydrogen-bond donors (Lipinski definition) is 2. The highest BCUT2D eigenvalue weighted by atomic mass is 32.1. The average molecular weight is 341 g/mol. The average Bonchev–Trinajstić information content (AvgIpc) is 3.04. The number of phenolic OH excluding ortho intramolecular Hbond substituents is 1. The maximum absolute atomic E-state index is 12.1. The Balaban J connectivity index is 1.64. The standard InChI is InChI=1S/C17H15N3O3S/c1-23-14-7-5-11(6-8-14)9-15(22)18-17-20-19-16(24-17)12-3-2-4-13(21)10-12/h2-8,10,21H,9H2,1H3,(H,18,20,22). The molecule has 1 heterocycles. The third-order valence-electron chi connectivity index (χ3n) is 3.29. The SMILES string of the molecule is COc1ccc(CC(=O)Nc2nnc(-c3cccc(O)c3)s2)cc1. The van der Waals surface area contributed by atoms with Crippen LogP contribution in [-0.4, -0.2) is 28.3 Å². The highest BCUT2D eigenvalue weighted by Crippen LogP contribution is 2.28. The number of aromatic hydroxyl groups is 1. The number of benzene rings is 2. The van der Waals surface area contributed by atoms with Crippen molar-refractivity contribution in [3.05, 3.63) is 54.1 Å². The number of hydrogen-bond acceptors (Lipinski definition) is 6. The van der Waals surface area contributed by atoms with Crippen LogP contribution in [0.3, 0.4) is 0 Å². The summed E-state index contributed by atoms with van der Waals surface area (Å²) in [6.07, 6.45) is 0.241. The van der Waals surface area contributed by atoms with Gasteiger partial charge >= 0.3 is 0 Å². The first kappa shape index (κ1) is 15.9. The van der Waals surface area contributed by atoms with Gasteiger partial charge in [0.2, 0.25) is 11.0 Å². The number of carbonyl (C=O) groups is 1. The number of ether oxygens (including phenoxy) is 1. The van der Waals surface area contributed by atoms with E-state index in [1.807, 2.05) is 30.3 Å². The number of carbonyl (C=O) groups excluding carboxylic acids is 1. The van der Waals surface area contributed by atoms with Gasteiger partial charge in [-0.2, -0.15) is 0 Å². The summed E-state index contributed by atoms with van der Waals surface area (Å²) in [5, 5.41) is 21.3. The van der Waals surface area contributed by atoms with Crippen LogP contribution in [0.4, 0.5) is 5.13 Å². The van der Waals surface area contributed by atoms with Crippen molar-refractivity contribution in [2.45, 2.75) is 6.42 Å². The summed E-state index contributed by atoms with van der Waals surface area (Å²) < 4.78 is 5.09. The molecule has 0 aliphatic carbocycles. The third-order valence-corrected chi connectivity index (χ3v) is 4.18. The van der Waals surface area contributed by atoms with Gasteiger partial charge in [-0.1, -0.05) is 35.6 Å². The second-order valence-corrected chi connectivity index (χ2v) is 6.01. The minimum Gasteiger partial charge on any atom is -0.508 e. The van der Waals surface area contributed by atoms with Gasteiger partial charge in [-0.15, -0.1) is 10.2 Å². The molecule has 1 amide bonds. The van der Waals surface area contributed by atoms with Crippen molar-refractivity contribution in [1.82, 2.24) is 10.2 Å². The van der Waals surface area contributed by atoms with Crippen molar-refractivity contribution in [2.75, 3.05) is 12.4 Å². The van der Waals surface area contributed by atoms with Gasteiger partial charge < -0.3 is 15.2 Å². The van der Waals surface area contributed by atoms with Crippen molar-refractivity contribution in [3.8, 4) is 22.1 Å². The van der Waals surface area contributed by atoms with E-state index in [2.05, 4.69) is 15.5 Å². The highest BCUT2D eigenvalue weighted by molar-refractivity contribution is 7.18. The smallest absolute Gasteiger partial charge is 0.230 e. The topological polar surface area (TPSA) is 84.3 Å². The molecular weight excluding hydrogens is 326 g/mol. The number of phenols is 1. The van der Waals surface area contributed by atoms with E-state index < -0.39 is 0 Å². The molecule has 0 fully saturated rings. The van der Waals surface area contributed by atoms with Gasteiger partial charge in [-0.25, -0.2) is 0 Å². The first-order chi connectivity index (χ1) is 11.6. The zero-order valence-electron chi connectivity index (χ0n) is 12.9. The fourth-order valence-electron chi connectivity index (χ4n) is 2.12. The van der Waals surface area contributed by atoms with Crippen LogP contribution in [0, 0.1) is 0 Å². The fraction of sp³-hybridized carbons (Fsp3) is 0.118. The van der Waals surface area contributed by atoms with Crippen LogP contribution < -0.4 is 10.1 Å². The summed E-state index contributed by atoms with van der Waals surface area (Å²) in [6, 6.07) is 14.1. The van der Waals surface area contributed by atoms with Crippen LogP contribution in [0.2, 0.25) is 0 Å². The molecule has 0 atom stereocenters. The van der Waals surface area contributed by atoms with Gasteiger partial charge in [0, 0.05) is 5.56 Å². The second-order valence-electron chi connectivity index (χ2n) is 5.04. The van der Waals surface area contributed by atoms with E-state index in [1.165, 1.54) is 11.3 Å². The number of amides is 1. The minimum absolute atomic E-state index is 0.160. The van der Waals surface area contributed by atoms with Gasteiger partial charge in [0.1, 0.15) is 16.5 Å². The predicted octanol–water partition coefficient (Wildman–Crippen LogP) is 3.10. The number of rotatable bonds is 5.